The lowest BCUT2D eigenvalue weighted by Crippen LogP contribution is -2.03. The van der Waals surface area contributed by atoms with Crippen LogP contribution >= 0.6 is 15.9 Å². The number of halogens is 1. The van der Waals surface area contributed by atoms with Crippen LogP contribution in [-0.2, 0) is 0 Å². The van der Waals surface area contributed by atoms with Crippen LogP contribution in [0, 0.1) is 10.1 Å². The lowest BCUT2D eigenvalue weighted by molar-refractivity contribution is -0.385. The SMILES string of the molecule is COc1ccc(Nc2ncnc(Oc3ccc(Br)cc3)c2[N+](=O)[O-])cc1. The number of benzene rings is 2. The van der Waals surface area contributed by atoms with Crippen LogP contribution in [0.25, 0.3) is 0 Å². The first kappa shape index (κ1) is 17.6. The maximum atomic E-state index is 11.6. The number of nitro groups is 1. The number of anilines is 2. The van der Waals surface area contributed by atoms with Gasteiger partial charge in [-0.2, -0.15) is 4.98 Å². The van der Waals surface area contributed by atoms with Crippen LogP contribution in [0.3, 0.4) is 0 Å². The molecule has 2 aromatic carbocycles. The Balaban J connectivity index is 1.92. The molecule has 1 N–H and O–H groups in total. The Morgan fingerprint density at radius 3 is 2.31 bits per heavy atom. The van der Waals surface area contributed by atoms with Crippen LogP contribution < -0.4 is 14.8 Å². The standard InChI is InChI=1S/C17H13BrN4O4/c1-25-13-8-4-12(5-9-13)21-16-15(22(23)24)17(20-10-19-16)26-14-6-2-11(18)3-7-14/h2-10H,1H3,(H,19,20,21). The summed E-state index contributed by atoms with van der Waals surface area (Å²) >= 11 is 3.32. The third-order valence-electron chi connectivity index (χ3n) is 3.35. The number of nitrogens with one attached hydrogen (secondary N) is 1. The molecule has 0 saturated heterocycles. The van der Waals surface area contributed by atoms with E-state index in [1.54, 1.807) is 55.6 Å². The van der Waals surface area contributed by atoms with Gasteiger partial charge in [-0.3, -0.25) is 10.1 Å². The number of hydrogen-bond donors (Lipinski definition) is 1. The molecule has 3 aromatic rings. The van der Waals surface area contributed by atoms with E-state index in [1.165, 1.54) is 6.33 Å². The van der Waals surface area contributed by atoms with Gasteiger partial charge in [0.15, 0.2) is 0 Å². The molecule has 0 atom stereocenters. The maximum Gasteiger partial charge on any atom is 0.373 e. The summed E-state index contributed by atoms with van der Waals surface area (Å²) < 4.78 is 11.5. The van der Waals surface area contributed by atoms with Crippen LogP contribution in [0.2, 0.25) is 0 Å². The Morgan fingerprint density at radius 2 is 1.69 bits per heavy atom. The van der Waals surface area contributed by atoms with E-state index in [9.17, 15) is 10.1 Å². The van der Waals surface area contributed by atoms with E-state index in [2.05, 4.69) is 31.2 Å². The first-order valence-corrected chi connectivity index (χ1v) is 8.20. The van der Waals surface area contributed by atoms with Gasteiger partial charge < -0.3 is 14.8 Å². The van der Waals surface area contributed by atoms with Gasteiger partial charge in [0.2, 0.25) is 5.82 Å². The van der Waals surface area contributed by atoms with E-state index in [0.717, 1.165) is 4.47 Å². The van der Waals surface area contributed by atoms with E-state index < -0.39 is 4.92 Å². The molecule has 0 radical (unpaired) electrons. The summed E-state index contributed by atoms with van der Waals surface area (Å²) in [5.74, 6) is 0.975. The van der Waals surface area contributed by atoms with E-state index in [1.807, 2.05) is 0 Å². The van der Waals surface area contributed by atoms with Crippen molar-refractivity contribution in [3.8, 4) is 17.4 Å². The highest BCUT2D eigenvalue weighted by Gasteiger charge is 2.25. The monoisotopic (exact) mass is 416 g/mol. The normalized spacial score (nSPS) is 10.2. The van der Waals surface area contributed by atoms with Gasteiger partial charge in [-0.25, -0.2) is 4.98 Å². The predicted molar refractivity (Wildman–Crippen MR) is 99.2 cm³/mol. The number of methoxy groups -OCH3 is 1. The molecule has 0 fully saturated rings. The van der Waals surface area contributed by atoms with E-state index in [0.29, 0.717) is 17.2 Å². The molecule has 8 nitrogen and oxygen atoms in total. The molecule has 1 heterocycles. The molecule has 0 spiro atoms. The minimum absolute atomic E-state index is 0.0299. The fourth-order valence-corrected chi connectivity index (χ4v) is 2.38. The van der Waals surface area contributed by atoms with Gasteiger partial charge in [0, 0.05) is 10.2 Å². The van der Waals surface area contributed by atoms with Crippen molar-refractivity contribution in [1.82, 2.24) is 9.97 Å². The summed E-state index contributed by atoms with van der Waals surface area (Å²) in [5.41, 5.74) is 0.258. The molecule has 0 aliphatic carbocycles. The van der Waals surface area contributed by atoms with Crippen molar-refractivity contribution in [1.29, 1.82) is 0 Å². The Kier molecular flexibility index (Phi) is 5.28. The van der Waals surface area contributed by atoms with Crippen LogP contribution in [0.5, 0.6) is 17.4 Å². The zero-order chi connectivity index (χ0) is 18.5. The Morgan fingerprint density at radius 1 is 1.04 bits per heavy atom. The molecular weight excluding hydrogens is 404 g/mol. The van der Waals surface area contributed by atoms with Gasteiger partial charge >= 0.3 is 11.6 Å². The third kappa shape index (κ3) is 4.06. The second-order valence-electron chi connectivity index (χ2n) is 5.04. The predicted octanol–water partition coefficient (Wildman–Crippen LogP) is 4.69. The van der Waals surface area contributed by atoms with E-state index >= 15 is 0 Å². The molecule has 0 amide bonds. The second-order valence-corrected chi connectivity index (χ2v) is 5.96. The van der Waals surface area contributed by atoms with Crippen molar-refractivity contribution >= 4 is 33.1 Å². The average Bonchev–Trinajstić information content (AvgIpc) is 2.64. The van der Waals surface area contributed by atoms with Crippen molar-refractivity contribution in [2.45, 2.75) is 0 Å². The first-order chi connectivity index (χ1) is 12.6. The van der Waals surface area contributed by atoms with Gasteiger partial charge in [0.05, 0.1) is 12.0 Å². The summed E-state index contributed by atoms with van der Waals surface area (Å²) in [5, 5.41) is 14.5. The van der Waals surface area contributed by atoms with Gasteiger partial charge in [-0.1, -0.05) is 15.9 Å². The highest BCUT2D eigenvalue weighted by molar-refractivity contribution is 9.10. The highest BCUT2D eigenvalue weighted by Crippen LogP contribution is 2.35. The lowest BCUT2D eigenvalue weighted by Gasteiger charge is -2.10. The Hall–Kier alpha value is -3.20. The lowest BCUT2D eigenvalue weighted by atomic mass is 10.3. The van der Waals surface area contributed by atoms with Gasteiger partial charge in [0.25, 0.3) is 0 Å². The third-order valence-corrected chi connectivity index (χ3v) is 3.88. The smallest absolute Gasteiger partial charge is 0.373 e. The van der Waals surface area contributed by atoms with Crippen molar-refractivity contribution in [3.63, 3.8) is 0 Å². The molecule has 3 rings (SSSR count). The van der Waals surface area contributed by atoms with Crippen molar-refractivity contribution in [2.75, 3.05) is 12.4 Å². The molecule has 0 saturated carbocycles. The minimum Gasteiger partial charge on any atom is -0.497 e. The summed E-state index contributed by atoms with van der Waals surface area (Å²) in [7, 11) is 1.56. The minimum atomic E-state index is -0.583. The first-order valence-electron chi connectivity index (χ1n) is 7.40. The zero-order valence-electron chi connectivity index (χ0n) is 13.5. The molecule has 0 unspecified atom stereocenters. The molecule has 0 bridgehead atoms. The summed E-state index contributed by atoms with van der Waals surface area (Å²) in [6, 6.07) is 13.8. The van der Waals surface area contributed by atoms with Crippen molar-refractivity contribution in [3.05, 3.63) is 69.4 Å². The van der Waals surface area contributed by atoms with E-state index in [-0.39, 0.29) is 17.4 Å². The largest absolute Gasteiger partial charge is 0.497 e. The molecular formula is C17H13BrN4O4. The van der Waals surface area contributed by atoms with Crippen LogP contribution in [0.4, 0.5) is 17.2 Å². The molecule has 26 heavy (non-hydrogen) atoms. The fraction of sp³-hybridized carbons (Fsp3) is 0.0588. The number of nitrogens with zero attached hydrogens (tertiary/aromatic N) is 3. The summed E-state index contributed by atoms with van der Waals surface area (Å²) in [6.07, 6.45) is 1.20. The number of ether oxygens (including phenoxy) is 2. The zero-order valence-corrected chi connectivity index (χ0v) is 15.1. The highest BCUT2D eigenvalue weighted by atomic mass is 79.9. The maximum absolute atomic E-state index is 11.6. The van der Waals surface area contributed by atoms with Gasteiger partial charge in [-0.15, -0.1) is 0 Å². The Labute approximate surface area is 157 Å². The molecule has 0 aliphatic heterocycles. The van der Waals surface area contributed by atoms with Gasteiger partial charge in [-0.05, 0) is 48.5 Å². The van der Waals surface area contributed by atoms with Crippen LogP contribution in [0.1, 0.15) is 0 Å². The molecule has 0 aliphatic rings. The average molecular weight is 417 g/mol. The Bertz CT molecular complexity index is 917. The fourth-order valence-electron chi connectivity index (χ4n) is 2.12. The molecule has 132 valence electrons. The summed E-state index contributed by atoms with van der Waals surface area (Å²) in [6.45, 7) is 0. The topological polar surface area (TPSA) is 99.4 Å². The number of hydrogen-bond acceptors (Lipinski definition) is 7. The van der Waals surface area contributed by atoms with Crippen molar-refractivity contribution < 1.29 is 14.4 Å². The van der Waals surface area contributed by atoms with Crippen molar-refractivity contribution in [2.24, 2.45) is 0 Å². The molecule has 9 heteroatoms. The number of rotatable bonds is 6. The number of aromatic nitrogens is 2. The van der Waals surface area contributed by atoms with Crippen LogP contribution in [0.15, 0.2) is 59.3 Å². The van der Waals surface area contributed by atoms with Gasteiger partial charge in [0.1, 0.15) is 17.8 Å². The van der Waals surface area contributed by atoms with E-state index in [4.69, 9.17) is 9.47 Å². The second kappa shape index (κ2) is 7.79. The van der Waals surface area contributed by atoms with Crippen LogP contribution in [-0.4, -0.2) is 22.0 Å². The quantitative estimate of drug-likeness (QED) is 0.459. The molecule has 1 aromatic heterocycles. The summed E-state index contributed by atoms with van der Waals surface area (Å²) in [4.78, 5) is 18.8.